The summed E-state index contributed by atoms with van der Waals surface area (Å²) in [5.41, 5.74) is 0. The van der Waals surface area contributed by atoms with Crippen molar-refractivity contribution in [2.75, 3.05) is 6.54 Å². The van der Waals surface area contributed by atoms with Crippen molar-refractivity contribution < 1.29 is 4.42 Å². The summed E-state index contributed by atoms with van der Waals surface area (Å²) < 4.78 is 7.14. The van der Waals surface area contributed by atoms with E-state index in [4.69, 9.17) is 16.0 Å². The van der Waals surface area contributed by atoms with Crippen molar-refractivity contribution in [2.24, 2.45) is 0 Å². The number of furan rings is 1. The molecule has 2 aromatic heterocycles. The number of rotatable bonds is 4. The van der Waals surface area contributed by atoms with Gasteiger partial charge in [0.15, 0.2) is 0 Å². The number of nitrogens with one attached hydrogen (secondary N) is 1. The summed E-state index contributed by atoms with van der Waals surface area (Å²) in [5.74, 6) is 0.910. The first-order valence-corrected chi connectivity index (χ1v) is 6.92. The highest BCUT2D eigenvalue weighted by molar-refractivity contribution is 9.10. The maximum atomic E-state index is 6.05. The average Bonchev–Trinajstić information content (AvgIpc) is 2.86. The second kappa shape index (κ2) is 5.36. The highest BCUT2D eigenvalue weighted by atomic mass is 79.9. The lowest BCUT2D eigenvalue weighted by atomic mass is 10.2. The topological polar surface area (TPSA) is 25.2 Å². The predicted octanol–water partition coefficient (Wildman–Crippen LogP) is 4.46. The Morgan fingerprint density at radius 3 is 2.94 bits per heavy atom. The van der Waals surface area contributed by atoms with Gasteiger partial charge in [0.25, 0.3) is 0 Å². The molecule has 0 aliphatic rings. The zero-order chi connectivity index (χ0) is 11.5. The first-order chi connectivity index (χ1) is 7.72. The first kappa shape index (κ1) is 12.2. The van der Waals surface area contributed by atoms with Gasteiger partial charge in [-0.25, -0.2) is 0 Å². The minimum atomic E-state index is 0.0776. The van der Waals surface area contributed by atoms with Crippen LogP contribution in [0.2, 0.25) is 4.34 Å². The lowest BCUT2D eigenvalue weighted by Crippen LogP contribution is -2.20. The molecule has 2 aromatic rings. The molecule has 16 heavy (non-hydrogen) atoms. The maximum absolute atomic E-state index is 6.05. The fourth-order valence-electron chi connectivity index (χ4n) is 1.51. The third kappa shape index (κ3) is 2.51. The van der Waals surface area contributed by atoms with Crippen LogP contribution >= 0.6 is 38.9 Å². The number of halogens is 2. The van der Waals surface area contributed by atoms with Gasteiger partial charge >= 0.3 is 0 Å². The van der Waals surface area contributed by atoms with E-state index in [1.54, 1.807) is 17.6 Å². The Labute approximate surface area is 112 Å². The molecule has 5 heteroatoms. The van der Waals surface area contributed by atoms with Gasteiger partial charge < -0.3 is 9.73 Å². The second-order valence-corrected chi connectivity index (χ2v) is 5.82. The van der Waals surface area contributed by atoms with E-state index in [0.29, 0.717) is 0 Å². The van der Waals surface area contributed by atoms with Crippen molar-refractivity contribution in [3.8, 4) is 0 Å². The monoisotopic (exact) mass is 319 g/mol. The number of hydrogen-bond acceptors (Lipinski definition) is 3. The van der Waals surface area contributed by atoms with Crippen LogP contribution in [0.5, 0.6) is 0 Å². The molecular formula is C11H11BrClNOS. The largest absolute Gasteiger partial charge is 0.467 e. The zero-order valence-electron chi connectivity index (χ0n) is 8.67. The van der Waals surface area contributed by atoms with E-state index < -0.39 is 0 Å². The summed E-state index contributed by atoms with van der Waals surface area (Å²) in [6.07, 6.45) is 1.68. The molecule has 1 N–H and O–H groups in total. The van der Waals surface area contributed by atoms with Gasteiger partial charge in [0, 0.05) is 9.35 Å². The van der Waals surface area contributed by atoms with Crippen molar-refractivity contribution in [3.63, 3.8) is 0 Å². The van der Waals surface area contributed by atoms with E-state index in [1.165, 1.54) is 0 Å². The van der Waals surface area contributed by atoms with Crippen LogP contribution in [0.1, 0.15) is 23.6 Å². The van der Waals surface area contributed by atoms with Crippen molar-refractivity contribution in [1.29, 1.82) is 0 Å². The average molecular weight is 321 g/mol. The Kier molecular flexibility index (Phi) is 4.08. The van der Waals surface area contributed by atoms with Gasteiger partial charge in [-0.05, 0) is 40.7 Å². The van der Waals surface area contributed by atoms with Crippen LogP contribution < -0.4 is 5.32 Å². The van der Waals surface area contributed by atoms with Crippen LogP contribution in [-0.2, 0) is 0 Å². The van der Waals surface area contributed by atoms with Crippen molar-refractivity contribution in [1.82, 2.24) is 5.32 Å². The first-order valence-electron chi connectivity index (χ1n) is 4.94. The van der Waals surface area contributed by atoms with Crippen LogP contribution in [0.3, 0.4) is 0 Å². The van der Waals surface area contributed by atoms with E-state index >= 15 is 0 Å². The molecule has 2 nitrogen and oxygen atoms in total. The number of thiophene rings is 1. The molecule has 0 saturated heterocycles. The molecule has 0 bridgehead atoms. The standard InChI is InChI=1S/C11H11BrClNOS/c1-2-14-10(8-4-3-5-15-8)9-6-7(12)11(13)16-9/h3-6,10,14H,2H2,1H3. The predicted molar refractivity (Wildman–Crippen MR) is 71.3 cm³/mol. The Morgan fingerprint density at radius 1 is 1.62 bits per heavy atom. The summed E-state index contributed by atoms with van der Waals surface area (Å²) >= 11 is 11.0. The van der Waals surface area contributed by atoms with Crippen molar-refractivity contribution >= 4 is 38.9 Å². The van der Waals surface area contributed by atoms with Crippen LogP contribution in [0, 0.1) is 0 Å². The summed E-state index contributed by atoms with van der Waals surface area (Å²) in [4.78, 5) is 1.15. The Bertz CT molecular complexity index is 435. The molecule has 86 valence electrons. The van der Waals surface area contributed by atoms with Gasteiger partial charge in [0.1, 0.15) is 16.1 Å². The van der Waals surface area contributed by atoms with Crippen LogP contribution in [-0.4, -0.2) is 6.54 Å². The molecule has 0 aliphatic carbocycles. The minimum absolute atomic E-state index is 0.0776. The van der Waals surface area contributed by atoms with E-state index in [2.05, 4.69) is 28.2 Å². The minimum Gasteiger partial charge on any atom is -0.467 e. The Hall–Kier alpha value is -0.290. The molecular weight excluding hydrogens is 310 g/mol. The fourth-order valence-corrected chi connectivity index (χ4v) is 3.33. The molecule has 1 unspecified atom stereocenters. The van der Waals surface area contributed by atoms with E-state index in [1.807, 2.05) is 18.2 Å². The lowest BCUT2D eigenvalue weighted by molar-refractivity contribution is 0.455. The molecule has 0 saturated carbocycles. The van der Waals surface area contributed by atoms with E-state index in [-0.39, 0.29) is 6.04 Å². The SMILES string of the molecule is CCNC(c1ccco1)c1cc(Br)c(Cl)s1. The maximum Gasteiger partial charge on any atom is 0.126 e. The Balaban J connectivity index is 2.32. The van der Waals surface area contributed by atoms with E-state index in [0.717, 1.165) is 26.0 Å². The smallest absolute Gasteiger partial charge is 0.126 e. The van der Waals surface area contributed by atoms with Crippen LogP contribution in [0.25, 0.3) is 0 Å². The molecule has 0 amide bonds. The molecule has 2 heterocycles. The van der Waals surface area contributed by atoms with Crippen LogP contribution in [0.15, 0.2) is 33.4 Å². The lowest BCUT2D eigenvalue weighted by Gasteiger charge is -2.13. The third-order valence-corrected chi connectivity index (χ3v) is 4.72. The van der Waals surface area contributed by atoms with Gasteiger partial charge in [0.2, 0.25) is 0 Å². The van der Waals surface area contributed by atoms with Crippen molar-refractivity contribution in [3.05, 3.63) is 43.9 Å². The third-order valence-electron chi connectivity index (χ3n) is 2.18. The molecule has 0 aromatic carbocycles. The normalized spacial score (nSPS) is 12.9. The quantitative estimate of drug-likeness (QED) is 0.900. The van der Waals surface area contributed by atoms with Crippen molar-refractivity contribution in [2.45, 2.75) is 13.0 Å². The molecule has 2 rings (SSSR count). The van der Waals surface area contributed by atoms with E-state index in [9.17, 15) is 0 Å². The summed E-state index contributed by atoms with van der Waals surface area (Å²) in [6, 6.07) is 5.97. The van der Waals surface area contributed by atoms with Crippen LogP contribution in [0.4, 0.5) is 0 Å². The fraction of sp³-hybridized carbons (Fsp3) is 0.273. The molecule has 1 atom stereocenters. The second-order valence-electron chi connectivity index (χ2n) is 3.28. The summed E-state index contributed by atoms with van der Waals surface area (Å²) in [5, 5.41) is 3.38. The molecule has 0 fully saturated rings. The highest BCUT2D eigenvalue weighted by Gasteiger charge is 2.19. The zero-order valence-corrected chi connectivity index (χ0v) is 11.8. The Morgan fingerprint density at radius 2 is 2.44 bits per heavy atom. The summed E-state index contributed by atoms with van der Waals surface area (Å²) in [7, 11) is 0. The number of hydrogen-bond donors (Lipinski definition) is 1. The molecule has 0 radical (unpaired) electrons. The van der Waals surface area contributed by atoms with Gasteiger partial charge in [-0.3, -0.25) is 0 Å². The van der Waals surface area contributed by atoms with Gasteiger partial charge in [-0.15, -0.1) is 11.3 Å². The summed E-state index contributed by atoms with van der Waals surface area (Å²) in [6.45, 7) is 2.94. The molecule has 0 spiro atoms. The highest BCUT2D eigenvalue weighted by Crippen LogP contribution is 2.37. The molecule has 0 aliphatic heterocycles. The van der Waals surface area contributed by atoms with Gasteiger partial charge in [-0.2, -0.15) is 0 Å². The van der Waals surface area contributed by atoms with Gasteiger partial charge in [-0.1, -0.05) is 18.5 Å². The van der Waals surface area contributed by atoms with Gasteiger partial charge in [0.05, 0.1) is 6.26 Å².